The first-order chi connectivity index (χ1) is 11.4. The van der Waals surface area contributed by atoms with Crippen molar-refractivity contribution in [2.45, 2.75) is 46.1 Å². The van der Waals surface area contributed by atoms with Crippen molar-refractivity contribution in [1.29, 1.82) is 0 Å². The van der Waals surface area contributed by atoms with Crippen LogP contribution in [-0.2, 0) is 4.74 Å². The lowest BCUT2D eigenvalue weighted by Gasteiger charge is -2.19. The number of hydrogen-bond acceptors (Lipinski definition) is 5. The molecule has 0 aliphatic carbocycles. The Hall–Kier alpha value is -2.24. The van der Waals surface area contributed by atoms with Crippen LogP contribution >= 0.6 is 0 Å². The Kier molecular flexibility index (Phi) is 8.09. The zero-order valence-electron chi connectivity index (χ0n) is 14.9. The first-order valence-corrected chi connectivity index (χ1v) is 8.17. The Morgan fingerprint density at radius 2 is 1.96 bits per heavy atom. The summed E-state index contributed by atoms with van der Waals surface area (Å²) >= 11 is 0. The third kappa shape index (κ3) is 7.85. The molecule has 24 heavy (non-hydrogen) atoms. The Morgan fingerprint density at radius 3 is 2.58 bits per heavy atom. The highest BCUT2D eigenvalue weighted by molar-refractivity contribution is 5.79. The number of unbranched alkanes of at least 4 members (excludes halogenated alkanes) is 1. The van der Waals surface area contributed by atoms with Crippen molar-refractivity contribution in [2.24, 2.45) is 0 Å². The summed E-state index contributed by atoms with van der Waals surface area (Å²) in [5, 5.41) is 2.61. The average Bonchev–Trinajstić information content (AvgIpc) is 2.50. The van der Waals surface area contributed by atoms with Crippen molar-refractivity contribution in [3.63, 3.8) is 0 Å². The topological polar surface area (TPSA) is 73.9 Å². The molecule has 134 valence electrons. The van der Waals surface area contributed by atoms with Crippen molar-refractivity contribution in [3.8, 4) is 11.5 Å². The van der Waals surface area contributed by atoms with Crippen LogP contribution in [-0.4, -0.2) is 37.7 Å². The van der Waals surface area contributed by atoms with Crippen LogP contribution in [0.25, 0.3) is 0 Å². The maximum absolute atomic E-state index is 11.5. The van der Waals surface area contributed by atoms with E-state index in [1.54, 1.807) is 39.0 Å². The predicted molar refractivity (Wildman–Crippen MR) is 92.0 cm³/mol. The minimum atomic E-state index is -0.527. The van der Waals surface area contributed by atoms with Gasteiger partial charge in [0, 0.05) is 6.07 Å². The molecule has 0 spiro atoms. The molecule has 1 aromatic rings. The van der Waals surface area contributed by atoms with Crippen molar-refractivity contribution in [3.05, 3.63) is 23.8 Å². The summed E-state index contributed by atoms with van der Waals surface area (Å²) < 4.78 is 16.3. The van der Waals surface area contributed by atoms with Crippen LogP contribution in [0.2, 0.25) is 0 Å². The second kappa shape index (κ2) is 9.80. The molecule has 0 saturated heterocycles. The molecule has 6 nitrogen and oxygen atoms in total. The fourth-order valence-corrected chi connectivity index (χ4v) is 1.79. The number of nitrogens with one attached hydrogen (secondary N) is 1. The molecule has 1 N–H and O–H groups in total. The summed E-state index contributed by atoms with van der Waals surface area (Å²) in [6.07, 6.45) is 2.22. The van der Waals surface area contributed by atoms with Gasteiger partial charge in [-0.05, 0) is 39.3 Å². The zero-order chi connectivity index (χ0) is 18.0. The monoisotopic (exact) mass is 337 g/mol. The van der Waals surface area contributed by atoms with Gasteiger partial charge in [0.2, 0.25) is 0 Å². The smallest absolute Gasteiger partial charge is 0.407 e. The first kappa shape index (κ1) is 19.8. The molecule has 0 aliphatic rings. The van der Waals surface area contributed by atoms with E-state index in [0.29, 0.717) is 30.2 Å². The van der Waals surface area contributed by atoms with Crippen molar-refractivity contribution in [2.75, 3.05) is 19.8 Å². The lowest BCUT2D eigenvalue weighted by atomic mass is 10.2. The van der Waals surface area contributed by atoms with E-state index >= 15 is 0 Å². The number of amides is 1. The molecule has 0 heterocycles. The normalized spacial score (nSPS) is 10.8. The standard InChI is InChI=1S/C18H27NO5/c1-5-6-10-23-16-12-15(8-7-14(16)13-20)22-11-9-19-17(21)24-18(2,3)4/h7-8,12-13H,5-6,9-11H2,1-4H3,(H,19,21). The number of carbonyl (C=O) groups excluding carboxylic acids is 2. The highest BCUT2D eigenvalue weighted by atomic mass is 16.6. The minimum absolute atomic E-state index is 0.286. The molecule has 1 aromatic carbocycles. The molecule has 0 unspecified atom stereocenters. The fourth-order valence-electron chi connectivity index (χ4n) is 1.79. The van der Waals surface area contributed by atoms with Gasteiger partial charge in [0.1, 0.15) is 23.7 Å². The van der Waals surface area contributed by atoms with Gasteiger partial charge in [-0.1, -0.05) is 13.3 Å². The average molecular weight is 337 g/mol. The molecule has 1 amide bonds. The van der Waals surface area contributed by atoms with Crippen LogP contribution in [0.15, 0.2) is 18.2 Å². The van der Waals surface area contributed by atoms with Gasteiger partial charge in [0.25, 0.3) is 0 Å². The number of hydrogen-bond donors (Lipinski definition) is 1. The molecular weight excluding hydrogens is 310 g/mol. The fraction of sp³-hybridized carbons (Fsp3) is 0.556. The van der Waals surface area contributed by atoms with E-state index in [1.807, 2.05) is 0 Å². The summed E-state index contributed by atoms with van der Waals surface area (Å²) in [5.41, 5.74) is -0.0364. The van der Waals surface area contributed by atoms with E-state index in [4.69, 9.17) is 14.2 Å². The van der Waals surface area contributed by atoms with Gasteiger partial charge in [0.15, 0.2) is 6.29 Å². The highest BCUT2D eigenvalue weighted by Gasteiger charge is 2.15. The van der Waals surface area contributed by atoms with Crippen molar-refractivity contribution < 1.29 is 23.8 Å². The van der Waals surface area contributed by atoms with Gasteiger partial charge in [-0.3, -0.25) is 4.79 Å². The van der Waals surface area contributed by atoms with E-state index in [-0.39, 0.29) is 6.61 Å². The predicted octanol–water partition coefficient (Wildman–Crippen LogP) is 3.58. The number of alkyl carbamates (subject to hydrolysis) is 1. The third-order valence-corrected chi connectivity index (χ3v) is 2.91. The van der Waals surface area contributed by atoms with Crippen LogP contribution in [0.4, 0.5) is 4.79 Å². The van der Waals surface area contributed by atoms with Crippen LogP contribution < -0.4 is 14.8 Å². The first-order valence-electron chi connectivity index (χ1n) is 8.17. The largest absolute Gasteiger partial charge is 0.493 e. The van der Waals surface area contributed by atoms with Gasteiger partial charge in [0.05, 0.1) is 18.7 Å². The van der Waals surface area contributed by atoms with Gasteiger partial charge >= 0.3 is 6.09 Å². The van der Waals surface area contributed by atoms with Crippen LogP contribution in [0.3, 0.4) is 0 Å². The van der Waals surface area contributed by atoms with Crippen molar-refractivity contribution >= 4 is 12.4 Å². The molecule has 0 fully saturated rings. The Morgan fingerprint density at radius 1 is 1.21 bits per heavy atom. The van der Waals surface area contributed by atoms with Gasteiger partial charge in [-0.15, -0.1) is 0 Å². The maximum Gasteiger partial charge on any atom is 0.407 e. The van der Waals surface area contributed by atoms with E-state index < -0.39 is 11.7 Å². The summed E-state index contributed by atoms with van der Waals surface area (Å²) in [6.45, 7) is 8.64. The zero-order valence-corrected chi connectivity index (χ0v) is 14.9. The summed E-state index contributed by atoms with van der Waals surface area (Å²) in [4.78, 5) is 22.5. The Balaban J connectivity index is 2.46. The Labute approximate surface area is 143 Å². The van der Waals surface area contributed by atoms with Crippen molar-refractivity contribution in [1.82, 2.24) is 5.32 Å². The second-order valence-corrected chi connectivity index (χ2v) is 6.30. The highest BCUT2D eigenvalue weighted by Crippen LogP contribution is 2.24. The molecular formula is C18H27NO5. The van der Waals surface area contributed by atoms with Gasteiger partial charge < -0.3 is 19.5 Å². The van der Waals surface area contributed by atoms with Crippen LogP contribution in [0.5, 0.6) is 11.5 Å². The molecule has 0 aromatic heterocycles. The number of aldehydes is 1. The van der Waals surface area contributed by atoms with E-state index in [1.165, 1.54) is 0 Å². The lowest BCUT2D eigenvalue weighted by molar-refractivity contribution is 0.0520. The Bertz CT molecular complexity index is 537. The third-order valence-electron chi connectivity index (χ3n) is 2.91. The summed E-state index contributed by atoms with van der Waals surface area (Å²) in [6, 6.07) is 5.04. The van der Waals surface area contributed by atoms with Gasteiger partial charge in [-0.2, -0.15) is 0 Å². The number of rotatable bonds is 9. The number of ether oxygens (including phenoxy) is 3. The molecule has 0 aliphatic heterocycles. The second-order valence-electron chi connectivity index (χ2n) is 6.30. The molecule has 1 rings (SSSR count). The summed E-state index contributed by atoms with van der Waals surface area (Å²) in [5.74, 6) is 1.09. The molecule has 6 heteroatoms. The lowest BCUT2D eigenvalue weighted by Crippen LogP contribution is -2.34. The number of carbonyl (C=O) groups is 2. The quantitative estimate of drug-likeness (QED) is 0.551. The van der Waals surface area contributed by atoms with E-state index in [0.717, 1.165) is 19.1 Å². The molecule has 0 radical (unpaired) electrons. The maximum atomic E-state index is 11.5. The molecule has 0 atom stereocenters. The van der Waals surface area contributed by atoms with Crippen LogP contribution in [0, 0.1) is 0 Å². The molecule has 0 saturated carbocycles. The van der Waals surface area contributed by atoms with Gasteiger partial charge in [-0.25, -0.2) is 4.79 Å². The molecule has 0 bridgehead atoms. The SMILES string of the molecule is CCCCOc1cc(OCCNC(=O)OC(C)(C)C)ccc1C=O. The van der Waals surface area contributed by atoms with E-state index in [9.17, 15) is 9.59 Å². The number of benzene rings is 1. The van der Waals surface area contributed by atoms with Crippen LogP contribution in [0.1, 0.15) is 50.9 Å². The van der Waals surface area contributed by atoms with E-state index in [2.05, 4.69) is 12.2 Å². The summed E-state index contributed by atoms with van der Waals surface area (Å²) in [7, 11) is 0. The minimum Gasteiger partial charge on any atom is -0.493 e.